The summed E-state index contributed by atoms with van der Waals surface area (Å²) >= 11 is 0. The molecule has 2 N–H and O–H groups in total. The second-order valence-electron chi connectivity index (χ2n) is 4.18. The third kappa shape index (κ3) is 4.62. The van der Waals surface area contributed by atoms with Gasteiger partial charge in [0.15, 0.2) is 0 Å². The maximum absolute atomic E-state index is 11.7. The van der Waals surface area contributed by atoms with E-state index in [0.717, 1.165) is 11.3 Å². The van der Waals surface area contributed by atoms with Crippen LogP contribution < -0.4 is 10.1 Å². The molecule has 0 aromatic heterocycles. The van der Waals surface area contributed by atoms with Gasteiger partial charge in [0, 0.05) is 6.42 Å². The number of carbonyl (C=O) groups excluding carboxylic acids is 1. The molecule has 0 saturated heterocycles. The lowest BCUT2D eigenvalue weighted by Crippen LogP contribution is -2.40. The lowest BCUT2D eigenvalue weighted by molar-refractivity contribution is -0.141. The predicted molar refractivity (Wildman–Crippen MR) is 71.2 cm³/mol. The summed E-state index contributed by atoms with van der Waals surface area (Å²) in [7, 11) is 1.58. The Bertz CT molecular complexity index is 445. The molecule has 0 aliphatic heterocycles. The maximum atomic E-state index is 11.7. The van der Waals surface area contributed by atoms with Gasteiger partial charge in [0.1, 0.15) is 11.8 Å². The molecule has 0 unspecified atom stereocenters. The number of hydrogen-bond donors (Lipinski definition) is 2. The van der Waals surface area contributed by atoms with Crippen LogP contribution >= 0.6 is 0 Å². The van der Waals surface area contributed by atoms with Gasteiger partial charge < -0.3 is 15.2 Å². The molecule has 0 spiro atoms. The number of rotatable bonds is 7. The van der Waals surface area contributed by atoms with E-state index in [9.17, 15) is 9.59 Å². The SMILES string of the molecule is CC[C@H](NC(=O)CCc1ccccc1OC)C(=O)O. The number of para-hydroxylation sites is 1. The number of carboxylic acid groups (broad SMARTS) is 1. The third-order valence-corrected chi connectivity index (χ3v) is 2.86. The van der Waals surface area contributed by atoms with Crippen LogP contribution in [-0.2, 0) is 16.0 Å². The molecular weight excluding hydrogens is 246 g/mol. The molecule has 104 valence electrons. The van der Waals surface area contributed by atoms with Crippen molar-refractivity contribution in [3.63, 3.8) is 0 Å². The number of aryl methyl sites for hydroxylation is 1. The topological polar surface area (TPSA) is 75.6 Å². The van der Waals surface area contributed by atoms with Crippen LogP contribution in [0.15, 0.2) is 24.3 Å². The molecule has 1 atom stereocenters. The van der Waals surface area contributed by atoms with Crippen molar-refractivity contribution in [3.8, 4) is 5.75 Å². The summed E-state index contributed by atoms with van der Waals surface area (Å²) in [4.78, 5) is 22.5. The van der Waals surface area contributed by atoms with E-state index in [4.69, 9.17) is 9.84 Å². The monoisotopic (exact) mass is 265 g/mol. The minimum Gasteiger partial charge on any atom is -0.496 e. The van der Waals surface area contributed by atoms with E-state index in [-0.39, 0.29) is 12.3 Å². The van der Waals surface area contributed by atoms with E-state index in [1.165, 1.54) is 0 Å². The number of benzene rings is 1. The molecule has 1 rings (SSSR count). The Morgan fingerprint density at radius 3 is 2.63 bits per heavy atom. The average molecular weight is 265 g/mol. The molecule has 0 radical (unpaired) electrons. The fourth-order valence-corrected chi connectivity index (χ4v) is 1.76. The highest BCUT2D eigenvalue weighted by Crippen LogP contribution is 2.18. The first-order valence-electron chi connectivity index (χ1n) is 6.22. The highest BCUT2D eigenvalue weighted by atomic mass is 16.5. The predicted octanol–water partition coefficient (Wildman–Crippen LogP) is 1.61. The average Bonchev–Trinajstić information content (AvgIpc) is 2.42. The Hall–Kier alpha value is -2.04. The van der Waals surface area contributed by atoms with Crippen molar-refractivity contribution in [3.05, 3.63) is 29.8 Å². The molecular formula is C14H19NO4. The lowest BCUT2D eigenvalue weighted by Gasteiger charge is -2.12. The van der Waals surface area contributed by atoms with Crippen molar-refractivity contribution in [2.45, 2.75) is 32.2 Å². The molecule has 0 fully saturated rings. The van der Waals surface area contributed by atoms with E-state index in [1.807, 2.05) is 24.3 Å². The molecule has 5 heteroatoms. The van der Waals surface area contributed by atoms with Crippen molar-refractivity contribution < 1.29 is 19.4 Å². The number of methoxy groups -OCH3 is 1. The van der Waals surface area contributed by atoms with Crippen molar-refractivity contribution >= 4 is 11.9 Å². The number of hydrogen-bond acceptors (Lipinski definition) is 3. The van der Waals surface area contributed by atoms with Crippen LogP contribution in [0.25, 0.3) is 0 Å². The number of aliphatic carboxylic acids is 1. The Morgan fingerprint density at radius 2 is 2.05 bits per heavy atom. The second-order valence-corrected chi connectivity index (χ2v) is 4.18. The highest BCUT2D eigenvalue weighted by Gasteiger charge is 2.17. The van der Waals surface area contributed by atoms with E-state index in [2.05, 4.69) is 5.32 Å². The first-order valence-corrected chi connectivity index (χ1v) is 6.22. The third-order valence-electron chi connectivity index (χ3n) is 2.86. The summed E-state index contributed by atoms with van der Waals surface area (Å²) in [6.45, 7) is 1.72. The molecule has 0 saturated carbocycles. The molecule has 1 aromatic carbocycles. The van der Waals surface area contributed by atoms with Gasteiger partial charge in [0.25, 0.3) is 0 Å². The fraction of sp³-hybridized carbons (Fsp3) is 0.429. The minimum absolute atomic E-state index is 0.240. The van der Waals surface area contributed by atoms with Gasteiger partial charge in [-0.3, -0.25) is 4.79 Å². The molecule has 5 nitrogen and oxygen atoms in total. The number of amides is 1. The summed E-state index contributed by atoms with van der Waals surface area (Å²) in [5.74, 6) is -0.533. The van der Waals surface area contributed by atoms with Gasteiger partial charge in [-0.15, -0.1) is 0 Å². The molecule has 0 heterocycles. The van der Waals surface area contributed by atoms with Crippen LogP contribution in [0.1, 0.15) is 25.3 Å². The molecule has 1 aromatic rings. The number of ether oxygens (including phenoxy) is 1. The van der Waals surface area contributed by atoms with E-state index < -0.39 is 12.0 Å². The lowest BCUT2D eigenvalue weighted by atomic mass is 10.1. The zero-order valence-corrected chi connectivity index (χ0v) is 11.2. The Morgan fingerprint density at radius 1 is 1.37 bits per heavy atom. The van der Waals surface area contributed by atoms with Crippen LogP contribution in [-0.4, -0.2) is 30.1 Å². The largest absolute Gasteiger partial charge is 0.496 e. The first-order chi connectivity index (χ1) is 9.08. The Labute approximate surface area is 112 Å². The molecule has 0 aliphatic rings. The normalized spacial score (nSPS) is 11.7. The van der Waals surface area contributed by atoms with Crippen LogP contribution in [0, 0.1) is 0 Å². The Balaban J connectivity index is 2.52. The summed E-state index contributed by atoms with van der Waals surface area (Å²) in [5, 5.41) is 11.3. The van der Waals surface area contributed by atoms with E-state index in [0.29, 0.717) is 12.8 Å². The quantitative estimate of drug-likeness (QED) is 0.785. The number of nitrogens with one attached hydrogen (secondary N) is 1. The second kappa shape index (κ2) is 7.41. The smallest absolute Gasteiger partial charge is 0.326 e. The number of carboxylic acids is 1. The zero-order valence-electron chi connectivity index (χ0n) is 11.2. The molecule has 0 aliphatic carbocycles. The van der Waals surface area contributed by atoms with Crippen LogP contribution in [0.3, 0.4) is 0 Å². The summed E-state index contributed by atoms with van der Waals surface area (Å²) in [5.41, 5.74) is 0.934. The van der Waals surface area contributed by atoms with Crippen LogP contribution in [0.5, 0.6) is 5.75 Å². The fourth-order valence-electron chi connectivity index (χ4n) is 1.76. The Kier molecular flexibility index (Phi) is 5.85. The molecule has 1 amide bonds. The van der Waals surface area contributed by atoms with Gasteiger partial charge in [-0.2, -0.15) is 0 Å². The first kappa shape index (κ1) is 15.0. The zero-order chi connectivity index (χ0) is 14.3. The molecule has 19 heavy (non-hydrogen) atoms. The standard InChI is InChI=1S/C14H19NO4/c1-3-11(14(17)18)15-13(16)9-8-10-6-4-5-7-12(10)19-2/h4-7,11H,3,8-9H2,1-2H3,(H,15,16)(H,17,18)/t11-/m0/s1. The summed E-state index contributed by atoms with van der Waals surface area (Å²) in [6, 6.07) is 6.65. The van der Waals surface area contributed by atoms with Gasteiger partial charge in [-0.1, -0.05) is 25.1 Å². The molecule has 0 bridgehead atoms. The van der Waals surface area contributed by atoms with Gasteiger partial charge >= 0.3 is 5.97 Å². The highest BCUT2D eigenvalue weighted by molar-refractivity contribution is 5.83. The minimum atomic E-state index is -1.01. The van der Waals surface area contributed by atoms with Crippen LogP contribution in [0.4, 0.5) is 0 Å². The van der Waals surface area contributed by atoms with E-state index >= 15 is 0 Å². The van der Waals surface area contributed by atoms with Crippen molar-refractivity contribution in [2.75, 3.05) is 7.11 Å². The van der Waals surface area contributed by atoms with E-state index in [1.54, 1.807) is 14.0 Å². The van der Waals surface area contributed by atoms with Gasteiger partial charge in [-0.25, -0.2) is 4.79 Å². The van der Waals surface area contributed by atoms with Gasteiger partial charge in [0.2, 0.25) is 5.91 Å². The van der Waals surface area contributed by atoms with Crippen molar-refractivity contribution in [1.82, 2.24) is 5.32 Å². The van der Waals surface area contributed by atoms with Crippen molar-refractivity contribution in [1.29, 1.82) is 0 Å². The summed E-state index contributed by atoms with van der Waals surface area (Å²) < 4.78 is 5.19. The number of carbonyl (C=O) groups is 2. The van der Waals surface area contributed by atoms with Crippen molar-refractivity contribution in [2.24, 2.45) is 0 Å². The maximum Gasteiger partial charge on any atom is 0.326 e. The van der Waals surface area contributed by atoms with Gasteiger partial charge in [-0.05, 0) is 24.5 Å². The summed E-state index contributed by atoms with van der Waals surface area (Å²) in [6.07, 6.45) is 1.13. The van der Waals surface area contributed by atoms with Crippen LogP contribution in [0.2, 0.25) is 0 Å². The van der Waals surface area contributed by atoms with Gasteiger partial charge in [0.05, 0.1) is 7.11 Å².